The molecule has 1 saturated heterocycles. The number of thiophene rings is 1. The van der Waals surface area contributed by atoms with Gasteiger partial charge in [0.1, 0.15) is 0 Å². The van der Waals surface area contributed by atoms with E-state index < -0.39 is 0 Å². The predicted molar refractivity (Wildman–Crippen MR) is 80.2 cm³/mol. The molecule has 19 heavy (non-hydrogen) atoms. The van der Waals surface area contributed by atoms with Gasteiger partial charge in [0.2, 0.25) is 0 Å². The Morgan fingerprint density at radius 1 is 1.42 bits per heavy atom. The fourth-order valence-electron chi connectivity index (χ4n) is 2.84. The highest BCUT2D eigenvalue weighted by atomic mass is 32.1. The van der Waals surface area contributed by atoms with E-state index in [0.717, 1.165) is 26.1 Å². The molecule has 2 aromatic rings. The summed E-state index contributed by atoms with van der Waals surface area (Å²) >= 11 is 1.82. The van der Waals surface area contributed by atoms with Crippen LogP contribution in [0.3, 0.4) is 0 Å². The van der Waals surface area contributed by atoms with Crippen molar-refractivity contribution >= 4 is 21.4 Å². The fourth-order valence-corrected chi connectivity index (χ4v) is 3.81. The third-order valence-corrected chi connectivity index (χ3v) is 4.92. The number of rotatable bonds is 5. The predicted octanol–water partition coefficient (Wildman–Crippen LogP) is 2.70. The second-order valence-corrected chi connectivity index (χ2v) is 6.20. The second kappa shape index (κ2) is 6.01. The van der Waals surface area contributed by atoms with Crippen LogP contribution in [0.4, 0.5) is 0 Å². The molecule has 4 heteroatoms. The van der Waals surface area contributed by atoms with E-state index >= 15 is 0 Å². The maximum Gasteiger partial charge on any atom is 0.0495 e. The van der Waals surface area contributed by atoms with Crippen LogP contribution in [0.5, 0.6) is 0 Å². The molecule has 102 valence electrons. The zero-order chi connectivity index (χ0) is 13.1. The minimum atomic E-state index is 0.338. The number of hydrogen-bond donors (Lipinski definition) is 2. The van der Waals surface area contributed by atoms with E-state index in [9.17, 15) is 0 Å². The van der Waals surface area contributed by atoms with Crippen LogP contribution in [0, 0.1) is 5.92 Å². The largest absolute Gasteiger partial charge is 0.381 e. The van der Waals surface area contributed by atoms with Gasteiger partial charge in [-0.1, -0.05) is 18.2 Å². The Kier molecular flexibility index (Phi) is 4.13. The van der Waals surface area contributed by atoms with Crippen molar-refractivity contribution in [2.24, 2.45) is 11.8 Å². The van der Waals surface area contributed by atoms with Crippen LogP contribution in [0.15, 0.2) is 29.6 Å². The molecule has 3 nitrogen and oxygen atoms in total. The monoisotopic (exact) mass is 276 g/mol. The number of ether oxygens (including phenoxy) is 1. The van der Waals surface area contributed by atoms with Crippen LogP contribution < -0.4 is 11.3 Å². The van der Waals surface area contributed by atoms with Crippen molar-refractivity contribution in [3.63, 3.8) is 0 Å². The number of nitrogens with one attached hydrogen (secondary N) is 1. The molecule has 0 spiro atoms. The lowest BCUT2D eigenvalue weighted by Gasteiger charge is -2.18. The summed E-state index contributed by atoms with van der Waals surface area (Å²) in [6, 6.07) is 8.92. The zero-order valence-electron chi connectivity index (χ0n) is 11.0. The molecule has 1 aliphatic heterocycles. The lowest BCUT2D eigenvalue weighted by Crippen LogP contribution is -2.38. The molecule has 0 bridgehead atoms. The molecule has 0 aliphatic carbocycles. The molecule has 3 rings (SSSR count). The third kappa shape index (κ3) is 2.98. The Labute approximate surface area is 117 Å². The normalized spacial score (nSPS) is 21.0. The van der Waals surface area contributed by atoms with Gasteiger partial charge in [-0.15, -0.1) is 11.3 Å². The molecule has 1 fully saturated rings. The van der Waals surface area contributed by atoms with Crippen molar-refractivity contribution in [2.75, 3.05) is 13.2 Å². The van der Waals surface area contributed by atoms with Crippen LogP contribution in [-0.2, 0) is 11.2 Å². The molecule has 1 aliphatic rings. The molecule has 0 radical (unpaired) electrons. The van der Waals surface area contributed by atoms with Gasteiger partial charge in [0.15, 0.2) is 0 Å². The SMILES string of the molecule is NNC(Cc1csc2ccccc12)CC1CCOC1. The Bertz CT molecular complexity index is 534. The van der Waals surface area contributed by atoms with Crippen LogP contribution in [0.1, 0.15) is 18.4 Å². The molecular weight excluding hydrogens is 256 g/mol. The summed E-state index contributed by atoms with van der Waals surface area (Å²) in [5.74, 6) is 6.38. The van der Waals surface area contributed by atoms with Crippen molar-refractivity contribution in [1.29, 1.82) is 0 Å². The summed E-state index contributed by atoms with van der Waals surface area (Å²) in [5, 5.41) is 3.63. The quantitative estimate of drug-likeness (QED) is 0.652. The number of nitrogens with two attached hydrogens (primary N) is 1. The molecule has 2 atom stereocenters. The highest BCUT2D eigenvalue weighted by Crippen LogP contribution is 2.28. The van der Waals surface area contributed by atoms with Crippen LogP contribution >= 0.6 is 11.3 Å². The fraction of sp³-hybridized carbons (Fsp3) is 0.467. The minimum Gasteiger partial charge on any atom is -0.381 e. The molecule has 1 aromatic heterocycles. The zero-order valence-corrected chi connectivity index (χ0v) is 11.8. The van der Waals surface area contributed by atoms with Gasteiger partial charge in [0, 0.05) is 24.0 Å². The van der Waals surface area contributed by atoms with Crippen molar-refractivity contribution < 1.29 is 4.74 Å². The van der Waals surface area contributed by atoms with E-state index in [0.29, 0.717) is 12.0 Å². The Morgan fingerprint density at radius 2 is 2.32 bits per heavy atom. The van der Waals surface area contributed by atoms with Gasteiger partial charge in [0.25, 0.3) is 0 Å². The van der Waals surface area contributed by atoms with E-state index in [2.05, 4.69) is 35.1 Å². The van der Waals surface area contributed by atoms with Gasteiger partial charge in [-0.05, 0) is 47.6 Å². The summed E-state index contributed by atoms with van der Waals surface area (Å²) in [7, 11) is 0. The summed E-state index contributed by atoms with van der Waals surface area (Å²) in [4.78, 5) is 0. The maximum absolute atomic E-state index is 5.72. The first-order chi connectivity index (χ1) is 9.36. The topological polar surface area (TPSA) is 47.3 Å². The smallest absolute Gasteiger partial charge is 0.0495 e. The van der Waals surface area contributed by atoms with Crippen molar-refractivity contribution in [2.45, 2.75) is 25.3 Å². The number of fused-ring (bicyclic) bond motifs is 1. The first-order valence-electron chi connectivity index (χ1n) is 6.86. The van der Waals surface area contributed by atoms with Gasteiger partial charge in [-0.2, -0.15) is 0 Å². The first kappa shape index (κ1) is 13.1. The molecule has 2 heterocycles. The summed E-state index contributed by atoms with van der Waals surface area (Å²) in [5.41, 5.74) is 4.39. The first-order valence-corrected chi connectivity index (χ1v) is 7.74. The number of benzene rings is 1. The maximum atomic E-state index is 5.72. The van der Waals surface area contributed by atoms with Gasteiger partial charge >= 0.3 is 0 Å². The highest BCUT2D eigenvalue weighted by Gasteiger charge is 2.21. The van der Waals surface area contributed by atoms with Crippen molar-refractivity contribution in [3.8, 4) is 0 Å². The standard InChI is InChI=1S/C15H20N2OS/c16-17-13(7-11-5-6-18-9-11)8-12-10-19-15-4-2-1-3-14(12)15/h1-4,10-11,13,17H,5-9,16H2. The average Bonchev–Trinajstić information content (AvgIpc) is 3.08. The average molecular weight is 276 g/mol. The van der Waals surface area contributed by atoms with Gasteiger partial charge in [-0.25, -0.2) is 0 Å². The van der Waals surface area contributed by atoms with E-state index in [4.69, 9.17) is 10.6 Å². The number of hydrogen-bond acceptors (Lipinski definition) is 4. The third-order valence-electron chi connectivity index (χ3n) is 3.91. The summed E-state index contributed by atoms with van der Waals surface area (Å²) in [6.45, 7) is 1.80. The molecule has 0 saturated carbocycles. The summed E-state index contributed by atoms with van der Waals surface area (Å²) in [6.07, 6.45) is 3.26. The van der Waals surface area contributed by atoms with E-state index in [1.54, 1.807) is 0 Å². The Morgan fingerprint density at radius 3 is 3.11 bits per heavy atom. The van der Waals surface area contributed by atoms with Crippen LogP contribution in [-0.4, -0.2) is 19.3 Å². The van der Waals surface area contributed by atoms with Gasteiger partial charge < -0.3 is 4.74 Å². The van der Waals surface area contributed by atoms with E-state index in [-0.39, 0.29) is 0 Å². The minimum absolute atomic E-state index is 0.338. The molecule has 1 aromatic carbocycles. The summed E-state index contributed by atoms with van der Waals surface area (Å²) < 4.78 is 6.80. The van der Waals surface area contributed by atoms with E-state index in [1.165, 1.54) is 22.1 Å². The Hall–Kier alpha value is -0.940. The van der Waals surface area contributed by atoms with Crippen molar-refractivity contribution in [3.05, 3.63) is 35.2 Å². The Balaban J connectivity index is 1.71. The number of hydrazine groups is 1. The van der Waals surface area contributed by atoms with Crippen LogP contribution in [0.25, 0.3) is 10.1 Å². The van der Waals surface area contributed by atoms with Gasteiger partial charge in [0.05, 0.1) is 0 Å². The lowest BCUT2D eigenvalue weighted by atomic mass is 9.95. The van der Waals surface area contributed by atoms with Gasteiger partial charge in [-0.3, -0.25) is 11.3 Å². The van der Waals surface area contributed by atoms with Crippen molar-refractivity contribution in [1.82, 2.24) is 5.43 Å². The molecule has 0 amide bonds. The second-order valence-electron chi connectivity index (χ2n) is 5.29. The highest BCUT2D eigenvalue weighted by molar-refractivity contribution is 7.17. The lowest BCUT2D eigenvalue weighted by molar-refractivity contribution is 0.181. The van der Waals surface area contributed by atoms with E-state index in [1.807, 2.05) is 11.3 Å². The van der Waals surface area contributed by atoms with Crippen LogP contribution in [0.2, 0.25) is 0 Å². The molecular formula is C15H20N2OS. The molecule has 3 N–H and O–H groups in total. The molecule has 2 unspecified atom stereocenters.